The third-order valence-electron chi connectivity index (χ3n) is 5.59. The highest BCUT2D eigenvalue weighted by Gasteiger charge is 2.49. The molecule has 1 saturated heterocycles. The normalized spacial score (nSPS) is 19.4. The Kier molecular flexibility index (Phi) is 7.38. The Hall–Kier alpha value is -2.98. The van der Waals surface area contributed by atoms with E-state index < -0.39 is 27.4 Å². The molecule has 1 atom stereocenters. The molecule has 2 aromatic rings. The van der Waals surface area contributed by atoms with Crippen LogP contribution in [0.25, 0.3) is 0 Å². The molecule has 33 heavy (non-hydrogen) atoms. The summed E-state index contributed by atoms with van der Waals surface area (Å²) in [4.78, 5) is 27.7. The highest BCUT2D eigenvalue weighted by Crippen LogP contribution is 2.27. The maximum Gasteiger partial charge on any atom is 0.247 e. The Morgan fingerprint density at radius 1 is 1.12 bits per heavy atom. The van der Waals surface area contributed by atoms with E-state index in [1.165, 1.54) is 17.0 Å². The Morgan fingerprint density at radius 2 is 1.73 bits per heavy atom. The van der Waals surface area contributed by atoms with Crippen LogP contribution >= 0.6 is 0 Å². The van der Waals surface area contributed by atoms with E-state index >= 15 is 0 Å². The van der Waals surface area contributed by atoms with E-state index in [9.17, 15) is 22.4 Å². The van der Waals surface area contributed by atoms with Gasteiger partial charge in [0, 0.05) is 19.6 Å². The first-order valence-electron chi connectivity index (χ1n) is 10.5. The Bertz CT molecular complexity index is 1110. The molecule has 0 bridgehead atoms. The smallest absolute Gasteiger partial charge is 0.247 e. The zero-order chi connectivity index (χ0) is 24.2. The molecule has 1 fully saturated rings. The monoisotopic (exact) mass is 477 g/mol. The molecule has 0 saturated carbocycles. The van der Waals surface area contributed by atoms with Gasteiger partial charge in [0.05, 0.1) is 19.4 Å². The SMILES string of the molecule is CCOc1ccc(CN2C(=O)CN(S(C)(=O)=O)C[C@]2(C)C(=O)NCc2ccc(F)cc2)cc1. The first-order valence-corrected chi connectivity index (χ1v) is 12.4. The number of piperazine rings is 1. The molecule has 10 heteroatoms. The summed E-state index contributed by atoms with van der Waals surface area (Å²) in [6, 6.07) is 12.8. The number of hydrogen-bond donors (Lipinski definition) is 1. The first-order chi connectivity index (χ1) is 15.5. The lowest BCUT2D eigenvalue weighted by atomic mass is 9.94. The molecular formula is C23H28FN3O5S. The summed E-state index contributed by atoms with van der Waals surface area (Å²) >= 11 is 0. The van der Waals surface area contributed by atoms with Gasteiger partial charge in [-0.2, -0.15) is 4.31 Å². The lowest BCUT2D eigenvalue weighted by molar-refractivity contribution is -0.153. The molecule has 1 heterocycles. The van der Waals surface area contributed by atoms with Crippen molar-refractivity contribution in [2.75, 3.05) is 26.0 Å². The summed E-state index contributed by atoms with van der Waals surface area (Å²) in [5.74, 6) is -0.672. The van der Waals surface area contributed by atoms with Gasteiger partial charge in [0.1, 0.15) is 17.1 Å². The van der Waals surface area contributed by atoms with Crippen molar-refractivity contribution >= 4 is 21.8 Å². The van der Waals surface area contributed by atoms with Crippen LogP contribution < -0.4 is 10.1 Å². The Labute approximate surface area is 193 Å². The maximum absolute atomic E-state index is 13.3. The topological polar surface area (TPSA) is 96.0 Å². The predicted octanol–water partition coefficient (Wildman–Crippen LogP) is 1.90. The van der Waals surface area contributed by atoms with E-state index in [1.807, 2.05) is 6.92 Å². The fourth-order valence-electron chi connectivity index (χ4n) is 3.70. The molecule has 1 aliphatic rings. The maximum atomic E-state index is 13.3. The van der Waals surface area contributed by atoms with Gasteiger partial charge in [0.15, 0.2) is 0 Å². The third-order valence-corrected chi connectivity index (χ3v) is 6.79. The number of benzene rings is 2. The molecule has 3 rings (SSSR count). The number of carbonyl (C=O) groups excluding carboxylic acids is 2. The molecule has 0 spiro atoms. The van der Waals surface area contributed by atoms with Crippen molar-refractivity contribution in [2.45, 2.75) is 32.5 Å². The zero-order valence-electron chi connectivity index (χ0n) is 18.9. The van der Waals surface area contributed by atoms with Crippen molar-refractivity contribution in [3.05, 3.63) is 65.5 Å². The number of nitrogens with zero attached hydrogens (tertiary/aromatic N) is 2. The van der Waals surface area contributed by atoms with Gasteiger partial charge in [0.25, 0.3) is 0 Å². The summed E-state index contributed by atoms with van der Waals surface area (Å²) < 4.78 is 44.0. The predicted molar refractivity (Wildman–Crippen MR) is 121 cm³/mol. The second-order valence-electron chi connectivity index (χ2n) is 8.17. The number of nitrogens with one attached hydrogen (secondary N) is 1. The average molecular weight is 478 g/mol. The summed E-state index contributed by atoms with van der Waals surface area (Å²) in [7, 11) is -3.70. The number of hydrogen-bond acceptors (Lipinski definition) is 5. The van der Waals surface area contributed by atoms with Gasteiger partial charge < -0.3 is 15.0 Å². The number of sulfonamides is 1. The molecule has 2 aromatic carbocycles. The van der Waals surface area contributed by atoms with Crippen molar-refractivity contribution in [1.29, 1.82) is 0 Å². The van der Waals surface area contributed by atoms with Gasteiger partial charge in [-0.05, 0) is 49.2 Å². The highest BCUT2D eigenvalue weighted by molar-refractivity contribution is 7.88. The number of halogens is 1. The van der Waals surface area contributed by atoms with E-state index in [0.29, 0.717) is 17.9 Å². The summed E-state index contributed by atoms with van der Waals surface area (Å²) in [6.45, 7) is 3.68. The fourth-order valence-corrected chi connectivity index (χ4v) is 4.53. The lowest BCUT2D eigenvalue weighted by Crippen LogP contribution is -2.69. The van der Waals surface area contributed by atoms with Gasteiger partial charge in [-0.15, -0.1) is 0 Å². The molecule has 178 valence electrons. The van der Waals surface area contributed by atoms with Crippen LogP contribution in [0.3, 0.4) is 0 Å². The molecule has 8 nitrogen and oxygen atoms in total. The minimum Gasteiger partial charge on any atom is -0.494 e. The van der Waals surface area contributed by atoms with Gasteiger partial charge in [-0.1, -0.05) is 24.3 Å². The van der Waals surface area contributed by atoms with Crippen LogP contribution in [0.1, 0.15) is 25.0 Å². The first kappa shape index (κ1) is 24.7. The van der Waals surface area contributed by atoms with Crippen LogP contribution in [0.2, 0.25) is 0 Å². The lowest BCUT2D eigenvalue weighted by Gasteiger charge is -2.46. The molecule has 0 aromatic heterocycles. The zero-order valence-corrected chi connectivity index (χ0v) is 19.7. The quantitative estimate of drug-likeness (QED) is 0.627. The van der Waals surface area contributed by atoms with E-state index in [1.54, 1.807) is 43.3 Å². The van der Waals surface area contributed by atoms with Crippen molar-refractivity contribution in [3.63, 3.8) is 0 Å². The molecule has 0 aliphatic carbocycles. The van der Waals surface area contributed by atoms with E-state index in [4.69, 9.17) is 4.74 Å². The minimum atomic E-state index is -3.70. The van der Waals surface area contributed by atoms with E-state index in [2.05, 4.69) is 5.32 Å². The molecule has 0 radical (unpaired) electrons. The van der Waals surface area contributed by atoms with Crippen LogP contribution in [0, 0.1) is 5.82 Å². The molecule has 0 unspecified atom stereocenters. The summed E-state index contributed by atoms with van der Waals surface area (Å²) in [5.41, 5.74) is 0.00232. The molecule has 1 aliphatic heterocycles. The van der Waals surface area contributed by atoms with Crippen molar-refractivity contribution in [2.24, 2.45) is 0 Å². The number of amides is 2. The standard InChI is InChI=1S/C23H28FN3O5S/c1-4-32-20-11-7-18(8-12-20)14-27-21(28)15-26(33(3,30)31)16-23(27,2)22(29)25-13-17-5-9-19(24)10-6-17/h5-12H,4,13-16H2,1-3H3,(H,25,29)/t23-/m1/s1. The molecule has 2 amide bonds. The third kappa shape index (κ3) is 5.88. The van der Waals surface area contributed by atoms with Gasteiger partial charge >= 0.3 is 0 Å². The number of carbonyl (C=O) groups is 2. The Morgan fingerprint density at radius 3 is 2.30 bits per heavy atom. The van der Waals surface area contributed by atoms with Gasteiger partial charge in [-0.25, -0.2) is 12.8 Å². The van der Waals surface area contributed by atoms with Crippen molar-refractivity contribution in [1.82, 2.24) is 14.5 Å². The molecular weight excluding hydrogens is 449 g/mol. The van der Waals surface area contributed by atoms with E-state index in [0.717, 1.165) is 16.1 Å². The van der Waals surface area contributed by atoms with Gasteiger partial charge in [-0.3, -0.25) is 9.59 Å². The van der Waals surface area contributed by atoms with Crippen LogP contribution in [0.4, 0.5) is 4.39 Å². The average Bonchev–Trinajstić information content (AvgIpc) is 2.76. The number of ether oxygens (including phenoxy) is 1. The van der Waals surface area contributed by atoms with Crippen molar-refractivity contribution in [3.8, 4) is 5.75 Å². The van der Waals surface area contributed by atoms with Crippen LogP contribution in [-0.4, -0.2) is 60.9 Å². The van der Waals surface area contributed by atoms with Crippen LogP contribution in [0.15, 0.2) is 48.5 Å². The summed E-state index contributed by atoms with van der Waals surface area (Å²) in [5, 5.41) is 2.77. The van der Waals surface area contributed by atoms with Gasteiger partial charge in [0.2, 0.25) is 21.8 Å². The van der Waals surface area contributed by atoms with Crippen LogP contribution in [-0.2, 0) is 32.7 Å². The van der Waals surface area contributed by atoms with E-state index in [-0.39, 0.29) is 32.0 Å². The second kappa shape index (κ2) is 9.88. The Balaban J connectivity index is 1.85. The fraction of sp³-hybridized carbons (Fsp3) is 0.391. The largest absolute Gasteiger partial charge is 0.494 e. The summed E-state index contributed by atoms with van der Waals surface area (Å²) in [6.07, 6.45) is 1.01. The van der Waals surface area contributed by atoms with Crippen molar-refractivity contribution < 1.29 is 27.1 Å². The minimum absolute atomic E-state index is 0.110. The highest BCUT2D eigenvalue weighted by atomic mass is 32.2. The van der Waals surface area contributed by atoms with Crippen LogP contribution in [0.5, 0.6) is 5.75 Å². The second-order valence-corrected chi connectivity index (χ2v) is 10.2. The number of rotatable bonds is 8. The molecule has 1 N–H and O–H groups in total.